The number of nitrogens with zero attached hydrogens (tertiary/aromatic N) is 1. The zero-order chi connectivity index (χ0) is 16.9. The summed E-state index contributed by atoms with van der Waals surface area (Å²) in [4.78, 5) is 24.7. The van der Waals surface area contributed by atoms with Gasteiger partial charge in [-0.15, -0.1) is 0 Å². The minimum atomic E-state index is -0.659. The van der Waals surface area contributed by atoms with Crippen molar-refractivity contribution in [2.75, 3.05) is 20.6 Å². The molecule has 0 saturated carbocycles. The Labute approximate surface area is 128 Å². The maximum absolute atomic E-state index is 13.6. The van der Waals surface area contributed by atoms with Gasteiger partial charge in [-0.3, -0.25) is 4.79 Å². The molecule has 0 bridgehead atoms. The van der Waals surface area contributed by atoms with E-state index in [2.05, 4.69) is 10.6 Å². The lowest BCUT2D eigenvalue weighted by molar-refractivity contribution is -0.130. The van der Waals surface area contributed by atoms with Crippen LogP contribution in [-0.2, 0) is 4.79 Å². The van der Waals surface area contributed by atoms with E-state index in [1.54, 1.807) is 27.9 Å². The molecule has 0 aliphatic rings. The lowest BCUT2D eigenvalue weighted by Crippen LogP contribution is -2.48. The Kier molecular flexibility index (Phi) is 6.27. The van der Waals surface area contributed by atoms with Crippen LogP contribution in [0.1, 0.15) is 25.3 Å². The predicted molar refractivity (Wildman–Crippen MR) is 79.5 cm³/mol. The van der Waals surface area contributed by atoms with Crippen LogP contribution in [0.5, 0.6) is 0 Å². The lowest BCUT2D eigenvalue weighted by Gasteiger charge is -2.19. The fraction of sp³-hybridized carbons (Fsp3) is 0.467. The van der Waals surface area contributed by atoms with Gasteiger partial charge in [-0.2, -0.15) is 0 Å². The van der Waals surface area contributed by atoms with Crippen molar-refractivity contribution in [1.29, 1.82) is 0 Å². The van der Waals surface area contributed by atoms with Crippen molar-refractivity contribution < 1.29 is 18.4 Å². The second-order valence-electron chi connectivity index (χ2n) is 5.38. The molecule has 0 spiro atoms. The van der Waals surface area contributed by atoms with Crippen LogP contribution in [0, 0.1) is 11.6 Å². The third-order valence-electron chi connectivity index (χ3n) is 3.22. The first-order valence-electron chi connectivity index (χ1n) is 6.92. The molecule has 0 aromatic heterocycles. The molecule has 1 unspecified atom stereocenters. The number of hydrogen-bond acceptors (Lipinski definition) is 2. The third kappa shape index (κ3) is 4.98. The first-order chi connectivity index (χ1) is 10.2. The molecule has 0 aliphatic carbocycles. The monoisotopic (exact) mass is 313 g/mol. The van der Waals surface area contributed by atoms with E-state index in [0.717, 1.165) is 6.07 Å². The highest BCUT2D eigenvalue weighted by molar-refractivity contribution is 5.86. The molecule has 3 amide bonds. The highest BCUT2D eigenvalue weighted by Crippen LogP contribution is 2.19. The molecule has 122 valence electrons. The summed E-state index contributed by atoms with van der Waals surface area (Å²) in [7, 11) is 3.19. The van der Waals surface area contributed by atoms with E-state index in [1.807, 2.05) is 0 Å². The summed E-state index contributed by atoms with van der Waals surface area (Å²) >= 11 is 0. The average molecular weight is 313 g/mol. The van der Waals surface area contributed by atoms with Gasteiger partial charge in [0.15, 0.2) is 0 Å². The summed E-state index contributed by atoms with van der Waals surface area (Å²) in [5.74, 6) is -1.85. The van der Waals surface area contributed by atoms with Crippen molar-refractivity contribution in [1.82, 2.24) is 15.5 Å². The smallest absolute Gasteiger partial charge is 0.315 e. The van der Waals surface area contributed by atoms with Gasteiger partial charge >= 0.3 is 6.03 Å². The Morgan fingerprint density at radius 1 is 1.23 bits per heavy atom. The predicted octanol–water partition coefficient (Wildman–Crippen LogP) is 1.84. The standard InChI is InChI=1S/C15H21F2N3O2/c1-9(12-6-5-11(16)7-13(12)17)8-18-15(22)19-10(2)14(21)20(3)4/h5-7,9-10H,8H2,1-4H3,(H2,18,19,22)/t9?,10-/m0/s1. The molecule has 7 heteroatoms. The van der Waals surface area contributed by atoms with Gasteiger partial charge in [0.05, 0.1) is 0 Å². The van der Waals surface area contributed by atoms with Crippen molar-refractivity contribution >= 4 is 11.9 Å². The zero-order valence-electron chi connectivity index (χ0n) is 13.1. The minimum Gasteiger partial charge on any atom is -0.347 e. The Bertz CT molecular complexity index is 550. The summed E-state index contributed by atoms with van der Waals surface area (Å²) in [6.45, 7) is 3.45. The quantitative estimate of drug-likeness (QED) is 0.871. The van der Waals surface area contributed by atoms with E-state index in [4.69, 9.17) is 0 Å². The molecule has 0 fully saturated rings. The maximum Gasteiger partial charge on any atom is 0.315 e. The van der Waals surface area contributed by atoms with Gasteiger partial charge in [0.25, 0.3) is 0 Å². The van der Waals surface area contributed by atoms with Crippen LogP contribution in [0.4, 0.5) is 13.6 Å². The van der Waals surface area contributed by atoms with Gasteiger partial charge in [-0.25, -0.2) is 13.6 Å². The van der Waals surface area contributed by atoms with E-state index in [9.17, 15) is 18.4 Å². The van der Waals surface area contributed by atoms with Crippen LogP contribution in [-0.4, -0.2) is 43.5 Å². The zero-order valence-corrected chi connectivity index (χ0v) is 13.1. The molecule has 22 heavy (non-hydrogen) atoms. The van der Waals surface area contributed by atoms with Gasteiger partial charge in [0.2, 0.25) is 5.91 Å². The van der Waals surface area contributed by atoms with E-state index < -0.39 is 23.7 Å². The molecular weight excluding hydrogens is 292 g/mol. The fourth-order valence-electron chi connectivity index (χ4n) is 1.95. The summed E-state index contributed by atoms with van der Waals surface area (Å²) in [5, 5.41) is 5.06. The molecule has 0 heterocycles. The molecule has 1 aromatic carbocycles. The van der Waals surface area contributed by atoms with E-state index in [0.29, 0.717) is 5.56 Å². The summed E-state index contributed by atoms with van der Waals surface area (Å²) in [6, 6.07) is 2.16. The number of likely N-dealkylation sites (N-methyl/N-ethyl adjacent to an activating group) is 1. The topological polar surface area (TPSA) is 61.4 Å². The SMILES string of the molecule is CC(CNC(=O)N[C@@H](C)C(=O)N(C)C)c1ccc(F)cc1F. The first-order valence-corrected chi connectivity index (χ1v) is 6.92. The number of carbonyl (C=O) groups is 2. The average Bonchev–Trinajstić information content (AvgIpc) is 2.43. The van der Waals surface area contributed by atoms with Crippen molar-refractivity contribution in [2.24, 2.45) is 0 Å². The number of halogens is 2. The number of benzene rings is 1. The molecule has 1 aromatic rings. The molecular formula is C15H21F2N3O2. The van der Waals surface area contributed by atoms with Gasteiger partial charge in [0.1, 0.15) is 17.7 Å². The number of hydrogen-bond donors (Lipinski definition) is 2. The van der Waals surface area contributed by atoms with E-state index in [-0.39, 0.29) is 18.4 Å². The fourth-order valence-corrected chi connectivity index (χ4v) is 1.95. The van der Waals surface area contributed by atoms with Crippen LogP contribution in [0.25, 0.3) is 0 Å². The second kappa shape index (κ2) is 7.72. The molecule has 0 radical (unpaired) electrons. The third-order valence-corrected chi connectivity index (χ3v) is 3.22. The van der Waals surface area contributed by atoms with Crippen molar-refractivity contribution in [2.45, 2.75) is 25.8 Å². The Morgan fingerprint density at radius 2 is 1.86 bits per heavy atom. The van der Waals surface area contributed by atoms with Gasteiger partial charge in [0, 0.05) is 32.6 Å². The molecule has 0 saturated heterocycles. The van der Waals surface area contributed by atoms with Crippen molar-refractivity contribution in [3.63, 3.8) is 0 Å². The second-order valence-corrected chi connectivity index (χ2v) is 5.38. The molecule has 2 N–H and O–H groups in total. The molecule has 5 nitrogen and oxygen atoms in total. The van der Waals surface area contributed by atoms with Gasteiger partial charge in [-0.1, -0.05) is 13.0 Å². The van der Waals surface area contributed by atoms with Crippen LogP contribution >= 0.6 is 0 Å². The Morgan fingerprint density at radius 3 is 2.41 bits per heavy atom. The van der Waals surface area contributed by atoms with Gasteiger partial charge in [-0.05, 0) is 18.6 Å². The summed E-state index contributed by atoms with van der Waals surface area (Å²) in [6.07, 6.45) is 0. The molecule has 0 aliphatic heterocycles. The van der Waals surface area contributed by atoms with E-state index in [1.165, 1.54) is 17.0 Å². The minimum absolute atomic E-state index is 0.164. The lowest BCUT2D eigenvalue weighted by atomic mass is 10.0. The van der Waals surface area contributed by atoms with Crippen molar-refractivity contribution in [3.05, 3.63) is 35.4 Å². The largest absolute Gasteiger partial charge is 0.347 e. The van der Waals surface area contributed by atoms with Crippen LogP contribution in [0.3, 0.4) is 0 Å². The van der Waals surface area contributed by atoms with Gasteiger partial charge < -0.3 is 15.5 Å². The normalized spacial score (nSPS) is 13.2. The number of urea groups is 1. The Hall–Kier alpha value is -2.18. The number of amides is 3. The molecule has 2 atom stereocenters. The van der Waals surface area contributed by atoms with E-state index >= 15 is 0 Å². The first kappa shape index (κ1) is 17.9. The summed E-state index contributed by atoms with van der Waals surface area (Å²) in [5.41, 5.74) is 0.319. The highest BCUT2D eigenvalue weighted by atomic mass is 19.1. The van der Waals surface area contributed by atoms with Crippen molar-refractivity contribution in [3.8, 4) is 0 Å². The molecule has 1 rings (SSSR count). The highest BCUT2D eigenvalue weighted by Gasteiger charge is 2.18. The number of nitrogens with one attached hydrogen (secondary N) is 2. The Balaban J connectivity index is 2.51. The van der Waals surface area contributed by atoms with Crippen LogP contribution in [0.15, 0.2) is 18.2 Å². The van der Waals surface area contributed by atoms with Crippen LogP contribution < -0.4 is 10.6 Å². The number of rotatable bonds is 5. The summed E-state index contributed by atoms with van der Waals surface area (Å²) < 4.78 is 26.5. The maximum atomic E-state index is 13.6. The van der Waals surface area contributed by atoms with Crippen LogP contribution in [0.2, 0.25) is 0 Å². The number of carbonyl (C=O) groups excluding carboxylic acids is 2.